The van der Waals surface area contributed by atoms with Gasteiger partial charge >= 0.3 is 0 Å². The first-order chi connectivity index (χ1) is 12.5. The lowest BCUT2D eigenvalue weighted by Crippen LogP contribution is -2.06. The van der Waals surface area contributed by atoms with Gasteiger partial charge in [0.1, 0.15) is 11.4 Å². The highest BCUT2D eigenvalue weighted by molar-refractivity contribution is 8.00. The Morgan fingerprint density at radius 1 is 1.27 bits per heavy atom. The topological polar surface area (TPSA) is 69.8 Å². The maximum absolute atomic E-state index is 6.18. The largest absolute Gasteiger partial charge is 0.495 e. The van der Waals surface area contributed by atoms with Gasteiger partial charge in [0.25, 0.3) is 0 Å². The number of benzene rings is 1. The highest BCUT2D eigenvalue weighted by Crippen LogP contribution is 2.33. The Bertz CT molecular complexity index is 923. The molecule has 0 fully saturated rings. The fourth-order valence-electron chi connectivity index (χ4n) is 2.34. The zero-order valence-corrected chi connectivity index (χ0v) is 16.0. The predicted octanol–water partition coefficient (Wildman–Crippen LogP) is 4.89. The highest BCUT2D eigenvalue weighted by atomic mass is 35.5. The molecular weight excluding hydrogens is 370 g/mol. The lowest BCUT2D eigenvalue weighted by Gasteiger charge is -2.14. The Hall–Kier alpha value is -2.64. The minimum absolute atomic E-state index is 0.568. The highest BCUT2D eigenvalue weighted by Gasteiger charge is 2.13. The van der Waals surface area contributed by atoms with Crippen molar-refractivity contribution in [3.63, 3.8) is 0 Å². The van der Waals surface area contributed by atoms with Crippen LogP contribution >= 0.6 is 23.5 Å². The van der Waals surface area contributed by atoms with E-state index < -0.39 is 0 Å². The maximum atomic E-state index is 6.18. The summed E-state index contributed by atoms with van der Waals surface area (Å²) in [5, 5.41) is 7.91. The van der Waals surface area contributed by atoms with Crippen LogP contribution in [0.2, 0.25) is 5.02 Å². The zero-order chi connectivity index (χ0) is 18.7. The molecule has 6 nitrogen and oxygen atoms in total. The number of imidazole rings is 1. The first-order valence-electron chi connectivity index (χ1n) is 7.71. The van der Waals surface area contributed by atoms with Crippen LogP contribution < -0.4 is 9.04 Å². The molecule has 0 spiro atoms. The Kier molecular flexibility index (Phi) is 5.39. The van der Waals surface area contributed by atoms with Crippen LogP contribution in [-0.4, -0.2) is 34.3 Å². The molecule has 0 unspecified atom stereocenters. The van der Waals surface area contributed by atoms with Crippen LogP contribution in [0.25, 0.3) is 23.7 Å². The molecule has 2 heterocycles. The number of anilines is 1. The van der Waals surface area contributed by atoms with Crippen LogP contribution in [0.1, 0.15) is 11.4 Å². The molecule has 8 heteroatoms. The number of aromatic nitrogens is 4. The van der Waals surface area contributed by atoms with Gasteiger partial charge in [0, 0.05) is 18.0 Å². The number of aromatic amines is 2. The number of nitrogens with one attached hydrogen (secondary N) is 2. The van der Waals surface area contributed by atoms with Crippen molar-refractivity contribution in [1.29, 1.82) is 0 Å². The maximum Gasteiger partial charge on any atom is 0.161 e. The number of H-pyrrole nitrogens is 2. The first-order valence-corrected chi connectivity index (χ1v) is 8.86. The molecule has 26 heavy (non-hydrogen) atoms. The Balaban J connectivity index is 1.78. The van der Waals surface area contributed by atoms with Gasteiger partial charge in [-0.05, 0) is 42.3 Å². The van der Waals surface area contributed by atoms with Gasteiger partial charge in [0.15, 0.2) is 11.6 Å². The second-order valence-electron chi connectivity index (χ2n) is 5.32. The molecule has 0 radical (unpaired) electrons. The van der Waals surface area contributed by atoms with E-state index in [0.29, 0.717) is 16.6 Å². The van der Waals surface area contributed by atoms with Gasteiger partial charge in [-0.1, -0.05) is 24.8 Å². The molecule has 0 aliphatic carbocycles. The Labute approximate surface area is 161 Å². The van der Waals surface area contributed by atoms with Crippen molar-refractivity contribution in [1.82, 2.24) is 20.2 Å². The van der Waals surface area contributed by atoms with Crippen molar-refractivity contribution in [3.05, 3.63) is 53.8 Å². The van der Waals surface area contributed by atoms with Gasteiger partial charge in [-0.15, -0.1) is 0 Å². The van der Waals surface area contributed by atoms with Crippen molar-refractivity contribution in [2.45, 2.75) is 4.90 Å². The van der Waals surface area contributed by atoms with E-state index in [2.05, 4.69) is 33.3 Å². The van der Waals surface area contributed by atoms with E-state index in [9.17, 15) is 0 Å². The summed E-state index contributed by atoms with van der Waals surface area (Å²) >= 11 is 7.68. The van der Waals surface area contributed by atoms with Crippen LogP contribution in [-0.2, 0) is 0 Å². The van der Waals surface area contributed by atoms with Crippen molar-refractivity contribution in [2.75, 3.05) is 18.5 Å². The minimum atomic E-state index is 0.568. The van der Waals surface area contributed by atoms with Crippen molar-refractivity contribution < 1.29 is 4.74 Å². The van der Waals surface area contributed by atoms with E-state index in [0.717, 1.165) is 27.8 Å². The van der Waals surface area contributed by atoms with Crippen LogP contribution in [0.4, 0.5) is 5.82 Å². The lowest BCUT2D eigenvalue weighted by atomic mass is 10.3. The third-order valence-electron chi connectivity index (χ3n) is 3.67. The summed E-state index contributed by atoms with van der Waals surface area (Å²) in [6.07, 6.45) is 3.39. The van der Waals surface area contributed by atoms with Gasteiger partial charge in [0.2, 0.25) is 0 Å². The fraction of sp³-hybridized carbons (Fsp3) is 0.111. The normalized spacial score (nSPS) is 10.6. The monoisotopic (exact) mass is 387 g/mol. The van der Waals surface area contributed by atoms with Crippen LogP contribution in [0.5, 0.6) is 5.75 Å². The predicted molar refractivity (Wildman–Crippen MR) is 109 cm³/mol. The number of hydrogen-bond donors (Lipinski definition) is 2. The molecule has 0 aliphatic rings. The van der Waals surface area contributed by atoms with E-state index in [1.165, 1.54) is 11.9 Å². The molecule has 0 amide bonds. The smallest absolute Gasteiger partial charge is 0.161 e. The number of hydrogen-bond acceptors (Lipinski definition) is 5. The summed E-state index contributed by atoms with van der Waals surface area (Å²) in [4.78, 5) is 8.65. The van der Waals surface area contributed by atoms with E-state index in [4.69, 9.17) is 16.3 Å². The lowest BCUT2D eigenvalue weighted by molar-refractivity contribution is 0.414. The number of rotatable bonds is 7. The van der Waals surface area contributed by atoms with Gasteiger partial charge in [-0.3, -0.25) is 9.40 Å². The molecule has 0 aliphatic heterocycles. The number of ether oxygens (including phenoxy) is 1. The van der Waals surface area contributed by atoms with Crippen molar-refractivity contribution in [3.8, 4) is 17.3 Å². The van der Waals surface area contributed by atoms with Crippen molar-refractivity contribution >= 4 is 41.5 Å². The van der Waals surface area contributed by atoms with Gasteiger partial charge in [-0.25, -0.2) is 4.98 Å². The Morgan fingerprint density at radius 2 is 2.08 bits per heavy atom. The van der Waals surface area contributed by atoms with E-state index in [1.54, 1.807) is 19.3 Å². The quantitative estimate of drug-likeness (QED) is 0.565. The van der Waals surface area contributed by atoms with Crippen LogP contribution in [0.15, 0.2) is 42.3 Å². The average Bonchev–Trinajstić information content (AvgIpc) is 3.28. The first kappa shape index (κ1) is 18.2. The van der Waals surface area contributed by atoms with Crippen molar-refractivity contribution in [2.24, 2.45) is 0 Å². The second kappa shape index (κ2) is 7.72. The fourth-order valence-corrected chi connectivity index (χ4v) is 3.47. The summed E-state index contributed by atoms with van der Waals surface area (Å²) < 4.78 is 7.11. The molecule has 0 atom stereocenters. The molecule has 134 valence electrons. The molecule has 0 saturated carbocycles. The second-order valence-corrected chi connectivity index (χ2v) is 6.93. The van der Waals surface area contributed by atoms with Gasteiger partial charge < -0.3 is 9.72 Å². The molecule has 2 N–H and O–H groups in total. The minimum Gasteiger partial charge on any atom is -0.495 e. The van der Waals surface area contributed by atoms with E-state index >= 15 is 0 Å². The number of methoxy groups -OCH3 is 1. The number of halogens is 1. The zero-order valence-electron chi connectivity index (χ0n) is 14.4. The summed E-state index contributed by atoms with van der Waals surface area (Å²) in [6.45, 7) is 7.53. The molecule has 3 rings (SSSR count). The van der Waals surface area contributed by atoms with E-state index in [1.807, 2.05) is 35.6 Å². The number of nitrogens with zero attached hydrogens (tertiary/aromatic N) is 3. The standard InChI is InChI=1S/C18H18ClN5OS/c1-5-13-14(6-2)21-18(20-13)15-10-17(23-22-15)24(3)26-11-7-8-16(25-4)12(19)9-11/h5-10H,1-2H2,3-4H3,(H,20,21)(H,22,23). The van der Waals surface area contributed by atoms with Gasteiger partial charge in [0.05, 0.1) is 23.5 Å². The molecular formula is C18H18ClN5OS. The third-order valence-corrected chi connectivity index (χ3v) is 4.89. The molecule has 2 aromatic heterocycles. The third kappa shape index (κ3) is 3.63. The molecule has 3 aromatic rings. The van der Waals surface area contributed by atoms with Crippen LogP contribution in [0.3, 0.4) is 0 Å². The molecule has 0 saturated heterocycles. The summed E-state index contributed by atoms with van der Waals surface area (Å²) in [5.74, 6) is 2.09. The average molecular weight is 388 g/mol. The summed E-state index contributed by atoms with van der Waals surface area (Å²) in [5.41, 5.74) is 2.35. The molecule has 0 bridgehead atoms. The van der Waals surface area contributed by atoms with E-state index in [-0.39, 0.29) is 0 Å². The summed E-state index contributed by atoms with van der Waals surface area (Å²) in [6, 6.07) is 7.55. The SMILES string of the molecule is C=Cc1nc(-c2cc(N(C)Sc3ccc(OC)c(Cl)c3)n[nH]2)[nH]c1C=C. The Morgan fingerprint density at radius 3 is 2.69 bits per heavy atom. The van der Waals surface area contributed by atoms with Gasteiger partial charge in [-0.2, -0.15) is 5.10 Å². The molecule has 1 aromatic carbocycles. The van der Waals surface area contributed by atoms with Crippen LogP contribution in [0, 0.1) is 0 Å². The summed E-state index contributed by atoms with van der Waals surface area (Å²) in [7, 11) is 3.52.